The first kappa shape index (κ1) is 15.0. The van der Waals surface area contributed by atoms with Gasteiger partial charge in [0.15, 0.2) is 5.84 Å². The number of hydrogen-bond donors (Lipinski definition) is 2. The van der Waals surface area contributed by atoms with Gasteiger partial charge in [-0.3, -0.25) is 15.7 Å². The maximum absolute atomic E-state index is 14.0. The molecule has 0 unspecified atom stereocenters. The molecule has 3 saturated heterocycles. The number of nitrogens with zero attached hydrogens (tertiary/aromatic N) is 2. The standard InChI is InChI=1S/C14H16Cl2FN3O/c15-10-5-9(12(17)6-11(10)16)14(19-21)18-13-7-20-3-1-8(13)2-4-20/h5-6,8,13,21H,1-4,7H2,(H,18,19)/t13-/m1/s1. The fraction of sp³-hybridized carbons (Fsp3) is 0.500. The van der Waals surface area contributed by atoms with E-state index < -0.39 is 5.82 Å². The number of aliphatic imine (C=N–C) groups is 1. The topological polar surface area (TPSA) is 47.9 Å². The normalized spacial score (nSPS) is 28.8. The Balaban J connectivity index is 1.91. The smallest absolute Gasteiger partial charge is 0.155 e. The highest BCUT2D eigenvalue weighted by molar-refractivity contribution is 6.42. The zero-order valence-corrected chi connectivity index (χ0v) is 12.8. The Bertz CT molecular complexity index is 574. The molecule has 1 aromatic rings. The summed E-state index contributed by atoms with van der Waals surface area (Å²) in [7, 11) is 0. The van der Waals surface area contributed by atoms with Crippen LogP contribution >= 0.6 is 23.2 Å². The lowest BCUT2D eigenvalue weighted by atomic mass is 9.84. The molecule has 0 aliphatic carbocycles. The van der Waals surface area contributed by atoms with Crippen LogP contribution in [0.1, 0.15) is 18.4 Å². The number of hydroxylamine groups is 1. The Morgan fingerprint density at radius 2 is 1.95 bits per heavy atom. The first-order chi connectivity index (χ1) is 10.1. The first-order valence-electron chi connectivity index (χ1n) is 6.93. The van der Waals surface area contributed by atoms with Crippen LogP contribution in [0.4, 0.5) is 4.39 Å². The quantitative estimate of drug-likeness (QED) is 0.379. The summed E-state index contributed by atoms with van der Waals surface area (Å²) in [6, 6.07) is 2.57. The van der Waals surface area contributed by atoms with Crippen molar-refractivity contribution in [3.8, 4) is 0 Å². The van der Waals surface area contributed by atoms with Gasteiger partial charge in [-0.1, -0.05) is 23.2 Å². The molecule has 0 radical (unpaired) electrons. The summed E-state index contributed by atoms with van der Waals surface area (Å²) in [5.74, 6) is 0.0278. The van der Waals surface area contributed by atoms with Crippen molar-refractivity contribution in [1.82, 2.24) is 10.4 Å². The predicted molar refractivity (Wildman–Crippen MR) is 80.8 cm³/mol. The molecule has 0 amide bonds. The van der Waals surface area contributed by atoms with Crippen LogP contribution in [-0.2, 0) is 0 Å². The van der Waals surface area contributed by atoms with Crippen molar-refractivity contribution in [3.63, 3.8) is 0 Å². The van der Waals surface area contributed by atoms with Crippen molar-refractivity contribution >= 4 is 29.0 Å². The number of piperidine rings is 3. The fourth-order valence-corrected chi connectivity index (χ4v) is 3.42. The van der Waals surface area contributed by atoms with Gasteiger partial charge < -0.3 is 4.90 Å². The van der Waals surface area contributed by atoms with E-state index in [-0.39, 0.29) is 27.5 Å². The molecule has 0 spiro atoms. The molecule has 114 valence electrons. The number of benzene rings is 1. The summed E-state index contributed by atoms with van der Waals surface area (Å²) < 4.78 is 14.0. The number of nitrogens with one attached hydrogen (secondary N) is 1. The lowest BCUT2D eigenvalue weighted by Gasteiger charge is -2.43. The van der Waals surface area contributed by atoms with Gasteiger partial charge >= 0.3 is 0 Å². The van der Waals surface area contributed by atoms with Gasteiger partial charge in [0.05, 0.1) is 21.7 Å². The SMILES string of the molecule is ONC(=N[C@@H]1CN2CCC1CC2)c1cc(Cl)c(Cl)cc1F. The summed E-state index contributed by atoms with van der Waals surface area (Å²) >= 11 is 11.7. The number of fused-ring (bicyclic) bond motifs is 3. The van der Waals surface area contributed by atoms with Crippen molar-refractivity contribution in [2.24, 2.45) is 10.9 Å². The molecule has 2 bridgehead atoms. The zero-order valence-electron chi connectivity index (χ0n) is 11.3. The van der Waals surface area contributed by atoms with E-state index in [1.165, 1.54) is 6.07 Å². The second kappa shape index (κ2) is 6.08. The molecule has 0 aromatic heterocycles. The number of rotatable bonds is 2. The van der Waals surface area contributed by atoms with Crippen LogP contribution in [0.3, 0.4) is 0 Å². The summed E-state index contributed by atoms with van der Waals surface area (Å²) in [5.41, 5.74) is 2.13. The molecule has 3 fully saturated rings. The van der Waals surface area contributed by atoms with E-state index in [4.69, 9.17) is 23.2 Å². The minimum Gasteiger partial charge on any atom is -0.301 e. The first-order valence-corrected chi connectivity index (χ1v) is 7.69. The van der Waals surface area contributed by atoms with Crippen LogP contribution in [-0.4, -0.2) is 41.6 Å². The van der Waals surface area contributed by atoms with Crippen molar-refractivity contribution in [1.29, 1.82) is 0 Å². The van der Waals surface area contributed by atoms with E-state index in [2.05, 4.69) is 9.89 Å². The molecule has 0 saturated carbocycles. The predicted octanol–water partition coefficient (Wildman–Crippen LogP) is 2.95. The molecule has 4 nitrogen and oxygen atoms in total. The van der Waals surface area contributed by atoms with Gasteiger partial charge in [-0.15, -0.1) is 0 Å². The lowest BCUT2D eigenvalue weighted by molar-refractivity contribution is 0.0898. The maximum atomic E-state index is 14.0. The van der Waals surface area contributed by atoms with Crippen molar-refractivity contribution in [3.05, 3.63) is 33.6 Å². The van der Waals surface area contributed by atoms with E-state index in [1.807, 2.05) is 5.48 Å². The summed E-state index contributed by atoms with van der Waals surface area (Å²) in [6.45, 7) is 3.04. The highest BCUT2D eigenvalue weighted by atomic mass is 35.5. The Hall–Kier alpha value is -0.880. The van der Waals surface area contributed by atoms with Gasteiger partial charge in [-0.05, 0) is 44.0 Å². The van der Waals surface area contributed by atoms with Crippen LogP contribution in [0.2, 0.25) is 10.0 Å². The third-order valence-electron chi connectivity index (χ3n) is 4.29. The van der Waals surface area contributed by atoms with Crippen LogP contribution in [0.5, 0.6) is 0 Å². The van der Waals surface area contributed by atoms with Gasteiger partial charge in [0, 0.05) is 6.54 Å². The molecule has 4 rings (SSSR count). The van der Waals surface area contributed by atoms with Crippen LogP contribution < -0.4 is 5.48 Å². The van der Waals surface area contributed by atoms with Crippen molar-refractivity contribution < 1.29 is 9.60 Å². The van der Waals surface area contributed by atoms with Gasteiger partial charge in [-0.25, -0.2) is 4.39 Å². The van der Waals surface area contributed by atoms with Crippen LogP contribution in [0.15, 0.2) is 17.1 Å². The third-order valence-corrected chi connectivity index (χ3v) is 5.01. The minimum atomic E-state index is -0.564. The number of halogens is 3. The fourth-order valence-electron chi connectivity index (χ4n) is 3.11. The van der Waals surface area contributed by atoms with E-state index in [0.29, 0.717) is 5.92 Å². The van der Waals surface area contributed by atoms with Crippen LogP contribution in [0, 0.1) is 11.7 Å². The maximum Gasteiger partial charge on any atom is 0.155 e. The Labute approximate surface area is 132 Å². The largest absolute Gasteiger partial charge is 0.301 e. The monoisotopic (exact) mass is 331 g/mol. The molecule has 7 heteroatoms. The Kier molecular flexibility index (Phi) is 4.36. The average Bonchev–Trinajstić information content (AvgIpc) is 2.50. The third kappa shape index (κ3) is 3.01. The van der Waals surface area contributed by atoms with E-state index in [9.17, 15) is 9.60 Å². The van der Waals surface area contributed by atoms with Crippen molar-refractivity contribution in [2.75, 3.05) is 19.6 Å². The van der Waals surface area contributed by atoms with Gasteiger partial charge in [0.1, 0.15) is 5.82 Å². The zero-order chi connectivity index (χ0) is 15.0. The second-order valence-corrected chi connectivity index (χ2v) is 6.36. The molecule has 1 atom stereocenters. The molecular formula is C14H16Cl2FN3O. The molecule has 3 aliphatic heterocycles. The average molecular weight is 332 g/mol. The number of hydrogen-bond acceptors (Lipinski definition) is 3. The molecule has 3 aliphatic rings. The molecular weight excluding hydrogens is 316 g/mol. The van der Waals surface area contributed by atoms with Gasteiger partial charge in [-0.2, -0.15) is 0 Å². The van der Waals surface area contributed by atoms with E-state index in [1.54, 1.807) is 0 Å². The Morgan fingerprint density at radius 1 is 1.29 bits per heavy atom. The second-order valence-electron chi connectivity index (χ2n) is 5.54. The minimum absolute atomic E-state index is 0.0657. The highest BCUT2D eigenvalue weighted by Gasteiger charge is 2.34. The molecule has 21 heavy (non-hydrogen) atoms. The van der Waals surface area contributed by atoms with Crippen LogP contribution in [0.25, 0.3) is 0 Å². The molecule has 3 heterocycles. The van der Waals surface area contributed by atoms with Crippen molar-refractivity contribution in [2.45, 2.75) is 18.9 Å². The Morgan fingerprint density at radius 3 is 2.52 bits per heavy atom. The number of amidine groups is 1. The molecule has 1 aromatic carbocycles. The van der Waals surface area contributed by atoms with Gasteiger partial charge in [0.25, 0.3) is 0 Å². The van der Waals surface area contributed by atoms with Gasteiger partial charge in [0.2, 0.25) is 0 Å². The van der Waals surface area contributed by atoms with E-state index in [0.717, 1.165) is 38.5 Å². The summed E-state index contributed by atoms with van der Waals surface area (Å²) in [5, 5.41) is 9.69. The lowest BCUT2D eigenvalue weighted by Crippen LogP contribution is -2.50. The van der Waals surface area contributed by atoms with E-state index >= 15 is 0 Å². The molecule has 2 N–H and O–H groups in total. The highest BCUT2D eigenvalue weighted by Crippen LogP contribution is 2.30. The summed E-state index contributed by atoms with van der Waals surface area (Å²) in [4.78, 5) is 6.85. The summed E-state index contributed by atoms with van der Waals surface area (Å²) in [6.07, 6.45) is 2.19.